The number of hydrogen-bond donors (Lipinski definition) is 3. The fraction of sp³-hybridized carbons (Fsp3) is 0.423. The zero-order valence-corrected chi connectivity index (χ0v) is 22.0. The van der Waals surface area contributed by atoms with Crippen molar-refractivity contribution in [2.75, 3.05) is 39.9 Å². The van der Waals surface area contributed by atoms with Crippen LogP contribution in [0.2, 0.25) is 0 Å². The quantitative estimate of drug-likeness (QED) is 0.220. The van der Waals surface area contributed by atoms with E-state index in [1.54, 1.807) is 0 Å². The first-order valence-electron chi connectivity index (χ1n) is 11.7. The smallest absolute Gasteiger partial charge is 0.191 e. The molecule has 1 saturated heterocycles. The standard InChI is InChI=1S/C26H35N5O.HI/c1-3-20-9-6-10-24-22(18-29-25(20)24)11-12-28-26(27-2)30-17-21-7-4-5-8-23(21)19-31-13-15-32-16-14-31;/h4-10,18,29H,3,11-17,19H2,1-2H3,(H2,27,28,30);1H. The fourth-order valence-electron chi connectivity index (χ4n) is 4.38. The molecule has 1 aliphatic rings. The summed E-state index contributed by atoms with van der Waals surface area (Å²) in [4.78, 5) is 10.3. The Hall–Kier alpha value is -2.10. The molecule has 0 amide bonds. The Labute approximate surface area is 214 Å². The highest BCUT2D eigenvalue weighted by Gasteiger charge is 2.13. The number of aliphatic imine (C=N–C) groups is 1. The molecule has 4 rings (SSSR count). The molecule has 0 unspecified atom stereocenters. The summed E-state index contributed by atoms with van der Waals surface area (Å²) in [5.41, 5.74) is 6.65. The minimum atomic E-state index is 0. The lowest BCUT2D eigenvalue weighted by Crippen LogP contribution is -2.38. The molecule has 6 nitrogen and oxygen atoms in total. The molecule has 7 heteroatoms. The number of morpholine rings is 1. The number of aromatic nitrogens is 1. The van der Waals surface area contributed by atoms with Gasteiger partial charge in [0.15, 0.2) is 5.96 Å². The number of H-pyrrole nitrogens is 1. The number of rotatable bonds is 8. The molecule has 1 aromatic heterocycles. The van der Waals surface area contributed by atoms with Gasteiger partial charge < -0.3 is 20.4 Å². The van der Waals surface area contributed by atoms with Crippen molar-refractivity contribution in [3.63, 3.8) is 0 Å². The lowest BCUT2D eigenvalue weighted by Gasteiger charge is -2.27. The number of nitrogens with zero attached hydrogens (tertiary/aromatic N) is 2. The van der Waals surface area contributed by atoms with Crippen LogP contribution in [-0.4, -0.2) is 55.7 Å². The van der Waals surface area contributed by atoms with Crippen LogP contribution in [0.1, 0.15) is 29.2 Å². The van der Waals surface area contributed by atoms with E-state index in [9.17, 15) is 0 Å². The number of benzene rings is 2. The minimum Gasteiger partial charge on any atom is -0.379 e. The van der Waals surface area contributed by atoms with Gasteiger partial charge in [0.25, 0.3) is 0 Å². The van der Waals surface area contributed by atoms with Crippen LogP contribution in [0.3, 0.4) is 0 Å². The summed E-state index contributed by atoms with van der Waals surface area (Å²) in [5.74, 6) is 0.834. The number of aryl methyl sites for hydroxylation is 1. The van der Waals surface area contributed by atoms with E-state index in [1.807, 2.05) is 7.05 Å². The normalized spacial score (nSPS) is 14.8. The number of aromatic amines is 1. The molecule has 3 aromatic rings. The third kappa shape index (κ3) is 6.71. The molecule has 1 fully saturated rings. The maximum Gasteiger partial charge on any atom is 0.191 e. The Balaban J connectivity index is 0.00000306. The molecule has 0 bridgehead atoms. The fourth-order valence-corrected chi connectivity index (χ4v) is 4.38. The second-order valence-electron chi connectivity index (χ2n) is 8.27. The Morgan fingerprint density at radius 2 is 1.76 bits per heavy atom. The minimum absolute atomic E-state index is 0. The van der Waals surface area contributed by atoms with E-state index in [-0.39, 0.29) is 24.0 Å². The number of guanidine groups is 1. The second kappa shape index (κ2) is 13.0. The first-order valence-corrected chi connectivity index (χ1v) is 11.7. The number of hydrogen-bond acceptors (Lipinski definition) is 3. The van der Waals surface area contributed by atoms with Gasteiger partial charge in [-0.05, 0) is 35.1 Å². The van der Waals surface area contributed by atoms with E-state index < -0.39 is 0 Å². The second-order valence-corrected chi connectivity index (χ2v) is 8.27. The van der Waals surface area contributed by atoms with Crippen LogP contribution < -0.4 is 10.6 Å². The van der Waals surface area contributed by atoms with Gasteiger partial charge in [0.05, 0.1) is 13.2 Å². The van der Waals surface area contributed by atoms with Crippen molar-refractivity contribution in [2.45, 2.75) is 32.9 Å². The van der Waals surface area contributed by atoms with Crippen molar-refractivity contribution in [3.05, 3.63) is 70.9 Å². The first kappa shape index (κ1) is 25.5. The molecule has 1 aliphatic heterocycles. The van der Waals surface area contributed by atoms with Crippen molar-refractivity contribution < 1.29 is 4.74 Å². The average molecular weight is 562 g/mol. The average Bonchev–Trinajstić information content (AvgIpc) is 3.26. The van der Waals surface area contributed by atoms with E-state index >= 15 is 0 Å². The molecule has 2 heterocycles. The molecular formula is C26H36IN5O. The summed E-state index contributed by atoms with van der Waals surface area (Å²) in [5, 5.41) is 8.28. The van der Waals surface area contributed by atoms with Gasteiger partial charge >= 0.3 is 0 Å². The van der Waals surface area contributed by atoms with Crippen LogP contribution in [0, 0.1) is 0 Å². The number of halogens is 1. The Morgan fingerprint density at radius 3 is 2.52 bits per heavy atom. The van der Waals surface area contributed by atoms with Crippen molar-refractivity contribution in [1.82, 2.24) is 20.5 Å². The van der Waals surface area contributed by atoms with Gasteiger partial charge in [-0.25, -0.2) is 0 Å². The van der Waals surface area contributed by atoms with Gasteiger partial charge in [0.2, 0.25) is 0 Å². The van der Waals surface area contributed by atoms with Crippen molar-refractivity contribution in [2.24, 2.45) is 4.99 Å². The van der Waals surface area contributed by atoms with Gasteiger partial charge in [-0.3, -0.25) is 9.89 Å². The lowest BCUT2D eigenvalue weighted by atomic mass is 10.1. The Morgan fingerprint density at radius 1 is 1.00 bits per heavy atom. The molecule has 178 valence electrons. The highest BCUT2D eigenvalue weighted by Crippen LogP contribution is 2.22. The number of para-hydroxylation sites is 1. The monoisotopic (exact) mass is 561 g/mol. The number of ether oxygens (including phenoxy) is 1. The number of fused-ring (bicyclic) bond motifs is 1. The predicted molar refractivity (Wildman–Crippen MR) is 148 cm³/mol. The molecule has 0 atom stereocenters. The zero-order valence-electron chi connectivity index (χ0n) is 19.7. The Bertz CT molecular complexity index is 1040. The summed E-state index contributed by atoms with van der Waals surface area (Å²) in [7, 11) is 1.83. The van der Waals surface area contributed by atoms with Crippen molar-refractivity contribution >= 4 is 40.8 Å². The largest absolute Gasteiger partial charge is 0.379 e. The molecule has 2 aromatic carbocycles. The lowest BCUT2D eigenvalue weighted by molar-refractivity contribution is 0.0341. The summed E-state index contributed by atoms with van der Waals surface area (Å²) >= 11 is 0. The van der Waals surface area contributed by atoms with Crippen LogP contribution in [0.4, 0.5) is 0 Å². The van der Waals surface area contributed by atoms with E-state index in [0.717, 1.165) is 64.7 Å². The van der Waals surface area contributed by atoms with Crippen LogP contribution in [0.25, 0.3) is 10.9 Å². The summed E-state index contributed by atoms with van der Waals surface area (Å²) in [6, 6.07) is 15.2. The van der Waals surface area contributed by atoms with E-state index in [1.165, 1.54) is 33.2 Å². The molecule has 3 N–H and O–H groups in total. The third-order valence-corrected chi connectivity index (χ3v) is 6.24. The zero-order chi connectivity index (χ0) is 22.2. The van der Waals surface area contributed by atoms with E-state index in [2.05, 4.69) is 81.1 Å². The SMILES string of the molecule is CCc1cccc2c(CCNC(=NC)NCc3ccccc3CN3CCOCC3)c[nH]c12.I. The van der Waals surface area contributed by atoms with Gasteiger partial charge in [0.1, 0.15) is 0 Å². The maximum absolute atomic E-state index is 5.48. The van der Waals surface area contributed by atoms with Gasteiger partial charge in [0, 0.05) is 56.9 Å². The molecule has 0 saturated carbocycles. The van der Waals surface area contributed by atoms with E-state index in [0.29, 0.717) is 0 Å². The summed E-state index contributed by atoms with van der Waals surface area (Å²) in [6.07, 6.45) is 4.13. The van der Waals surface area contributed by atoms with Gasteiger partial charge in [-0.1, -0.05) is 49.4 Å². The van der Waals surface area contributed by atoms with Crippen LogP contribution >= 0.6 is 24.0 Å². The maximum atomic E-state index is 5.48. The third-order valence-electron chi connectivity index (χ3n) is 6.24. The highest BCUT2D eigenvalue weighted by molar-refractivity contribution is 14.0. The van der Waals surface area contributed by atoms with Crippen molar-refractivity contribution in [3.8, 4) is 0 Å². The predicted octanol–water partition coefficient (Wildman–Crippen LogP) is 4.09. The number of nitrogens with one attached hydrogen (secondary N) is 3. The Kier molecular flexibility index (Phi) is 10.0. The molecule has 0 radical (unpaired) electrons. The van der Waals surface area contributed by atoms with Gasteiger partial charge in [-0.15, -0.1) is 24.0 Å². The summed E-state index contributed by atoms with van der Waals surface area (Å²) in [6.45, 7) is 8.40. The first-order chi connectivity index (χ1) is 15.8. The van der Waals surface area contributed by atoms with Crippen LogP contribution in [-0.2, 0) is 30.7 Å². The van der Waals surface area contributed by atoms with Crippen molar-refractivity contribution in [1.29, 1.82) is 0 Å². The van der Waals surface area contributed by atoms with Crippen LogP contribution in [0.15, 0.2) is 53.7 Å². The van der Waals surface area contributed by atoms with Crippen LogP contribution in [0.5, 0.6) is 0 Å². The molecule has 33 heavy (non-hydrogen) atoms. The molecular weight excluding hydrogens is 525 g/mol. The molecule has 0 aliphatic carbocycles. The van der Waals surface area contributed by atoms with E-state index in [4.69, 9.17) is 4.74 Å². The summed E-state index contributed by atoms with van der Waals surface area (Å²) < 4.78 is 5.48. The molecule has 0 spiro atoms. The highest BCUT2D eigenvalue weighted by atomic mass is 127. The van der Waals surface area contributed by atoms with Gasteiger partial charge in [-0.2, -0.15) is 0 Å². The topological polar surface area (TPSA) is 64.7 Å².